The Morgan fingerprint density at radius 3 is 2.76 bits per heavy atom. The fourth-order valence-corrected chi connectivity index (χ4v) is 3.63. The van der Waals surface area contributed by atoms with Crippen LogP contribution in [0, 0.1) is 0 Å². The van der Waals surface area contributed by atoms with Crippen LogP contribution in [0.15, 0.2) is 18.2 Å². The third-order valence-electron chi connectivity index (χ3n) is 4.62. The van der Waals surface area contributed by atoms with Crippen molar-refractivity contribution in [1.82, 2.24) is 5.32 Å². The molecule has 3 nitrogen and oxygen atoms in total. The van der Waals surface area contributed by atoms with Crippen LogP contribution in [0.1, 0.15) is 44.1 Å². The molecule has 0 radical (unpaired) electrons. The predicted octanol–water partition coefficient (Wildman–Crippen LogP) is 3.32. The Morgan fingerprint density at radius 2 is 2.00 bits per heavy atom. The molecule has 0 aromatic heterocycles. The molecule has 0 bridgehead atoms. The molecule has 1 fully saturated rings. The Morgan fingerprint density at radius 1 is 1.24 bits per heavy atom. The lowest BCUT2D eigenvalue weighted by atomic mass is 9.94. The SMILES string of the molecule is OC1(CNCC2Cc3cc(Cl)ccc3O2)CCCCCC1. The van der Waals surface area contributed by atoms with Crippen LogP contribution in [-0.4, -0.2) is 29.9 Å². The molecule has 1 heterocycles. The molecule has 1 aliphatic heterocycles. The normalized spacial score (nSPS) is 24.2. The third kappa shape index (κ3) is 3.91. The Kier molecular flexibility index (Phi) is 4.72. The van der Waals surface area contributed by atoms with Crippen molar-refractivity contribution in [2.24, 2.45) is 0 Å². The molecule has 1 aromatic rings. The van der Waals surface area contributed by atoms with Gasteiger partial charge in [0.25, 0.3) is 0 Å². The molecule has 2 N–H and O–H groups in total. The van der Waals surface area contributed by atoms with E-state index in [1.807, 2.05) is 18.2 Å². The van der Waals surface area contributed by atoms with Crippen molar-refractivity contribution >= 4 is 11.6 Å². The van der Waals surface area contributed by atoms with Crippen LogP contribution in [0.5, 0.6) is 5.75 Å². The van der Waals surface area contributed by atoms with Crippen LogP contribution in [0.25, 0.3) is 0 Å². The lowest BCUT2D eigenvalue weighted by Crippen LogP contribution is -2.43. The highest BCUT2D eigenvalue weighted by Crippen LogP contribution is 2.31. The summed E-state index contributed by atoms with van der Waals surface area (Å²) in [6, 6.07) is 5.79. The molecule has 116 valence electrons. The van der Waals surface area contributed by atoms with E-state index in [-0.39, 0.29) is 6.10 Å². The summed E-state index contributed by atoms with van der Waals surface area (Å²) in [5, 5.41) is 14.8. The maximum atomic E-state index is 10.6. The molecule has 4 heteroatoms. The number of benzene rings is 1. The number of rotatable bonds is 4. The van der Waals surface area contributed by atoms with Gasteiger partial charge in [-0.2, -0.15) is 0 Å². The average Bonchev–Trinajstić information content (AvgIpc) is 2.71. The first kappa shape index (κ1) is 15.1. The molecule has 0 spiro atoms. The highest BCUT2D eigenvalue weighted by molar-refractivity contribution is 6.30. The average molecular weight is 310 g/mol. The predicted molar refractivity (Wildman–Crippen MR) is 85.1 cm³/mol. The molecular weight excluding hydrogens is 286 g/mol. The summed E-state index contributed by atoms with van der Waals surface area (Å²) in [7, 11) is 0. The third-order valence-corrected chi connectivity index (χ3v) is 4.86. The largest absolute Gasteiger partial charge is 0.488 e. The molecule has 1 aliphatic carbocycles. The van der Waals surface area contributed by atoms with Gasteiger partial charge in [-0.15, -0.1) is 0 Å². The highest BCUT2D eigenvalue weighted by atomic mass is 35.5. The standard InChI is InChI=1S/C17H24ClNO2/c18-14-5-6-16-13(9-14)10-15(21-16)11-19-12-17(20)7-3-1-2-4-8-17/h5-6,9,15,19-20H,1-4,7-8,10-12H2. The molecule has 2 aliphatic rings. The number of aliphatic hydroxyl groups is 1. The van der Waals surface area contributed by atoms with Gasteiger partial charge < -0.3 is 15.2 Å². The van der Waals surface area contributed by atoms with E-state index in [1.54, 1.807) is 0 Å². The van der Waals surface area contributed by atoms with Gasteiger partial charge in [0, 0.05) is 24.5 Å². The maximum absolute atomic E-state index is 10.6. The van der Waals surface area contributed by atoms with E-state index in [9.17, 15) is 5.11 Å². The quantitative estimate of drug-likeness (QED) is 0.838. The molecule has 3 rings (SSSR count). The minimum atomic E-state index is -0.523. The summed E-state index contributed by atoms with van der Waals surface area (Å²) in [5.74, 6) is 0.944. The summed E-state index contributed by atoms with van der Waals surface area (Å²) in [6.45, 7) is 1.44. The van der Waals surface area contributed by atoms with Gasteiger partial charge in [-0.1, -0.05) is 37.3 Å². The van der Waals surface area contributed by atoms with E-state index in [0.29, 0.717) is 6.54 Å². The van der Waals surface area contributed by atoms with E-state index in [4.69, 9.17) is 16.3 Å². The molecule has 0 saturated heterocycles. The minimum Gasteiger partial charge on any atom is -0.488 e. The van der Waals surface area contributed by atoms with Gasteiger partial charge >= 0.3 is 0 Å². The van der Waals surface area contributed by atoms with Crippen molar-refractivity contribution in [3.8, 4) is 5.75 Å². The number of hydrogen-bond donors (Lipinski definition) is 2. The smallest absolute Gasteiger partial charge is 0.123 e. The summed E-state index contributed by atoms with van der Waals surface area (Å²) in [6.07, 6.45) is 7.66. The molecule has 1 atom stereocenters. The van der Waals surface area contributed by atoms with E-state index in [0.717, 1.165) is 49.4 Å². The zero-order valence-corrected chi connectivity index (χ0v) is 13.2. The van der Waals surface area contributed by atoms with Gasteiger partial charge in [-0.3, -0.25) is 0 Å². The molecule has 1 saturated carbocycles. The van der Waals surface area contributed by atoms with Crippen molar-refractivity contribution < 1.29 is 9.84 Å². The fraction of sp³-hybridized carbons (Fsp3) is 0.647. The fourth-order valence-electron chi connectivity index (χ4n) is 3.43. The van der Waals surface area contributed by atoms with Gasteiger partial charge in [0.2, 0.25) is 0 Å². The summed E-state index contributed by atoms with van der Waals surface area (Å²) >= 11 is 6.01. The van der Waals surface area contributed by atoms with Gasteiger partial charge in [-0.25, -0.2) is 0 Å². The monoisotopic (exact) mass is 309 g/mol. The van der Waals surface area contributed by atoms with Crippen LogP contribution in [-0.2, 0) is 6.42 Å². The zero-order chi connectivity index (χ0) is 14.7. The second-order valence-electron chi connectivity index (χ2n) is 6.47. The Labute approximate surface area is 131 Å². The Hall–Kier alpha value is -0.770. The molecule has 1 aromatic carbocycles. The number of halogens is 1. The van der Waals surface area contributed by atoms with Crippen LogP contribution in [0.4, 0.5) is 0 Å². The summed E-state index contributed by atoms with van der Waals surface area (Å²) < 4.78 is 5.91. The topological polar surface area (TPSA) is 41.5 Å². The van der Waals surface area contributed by atoms with Gasteiger partial charge in [0.05, 0.1) is 5.60 Å². The lowest BCUT2D eigenvalue weighted by molar-refractivity contribution is 0.0235. The van der Waals surface area contributed by atoms with Crippen molar-refractivity contribution in [3.63, 3.8) is 0 Å². The highest BCUT2D eigenvalue weighted by Gasteiger charge is 2.29. The van der Waals surface area contributed by atoms with E-state index in [2.05, 4.69) is 5.32 Å². The van der Waals surface area contributed by atoms with Crippen molar-refractivity contribution in [3.05, 3.63) is 28.8 Å². The molecular formula is C17H24ClNO2. The first-order valence-electron chi connectivity index (χ1n) is 8.03. The van der Waals surface area contributed by atoms with Gasteiger partial charge in [0.1, 0.15) is 11.9 Å². The number of nitrogens with one attached hydrogen (secondary N) is 1. The Balaban J connectivity index is 1.46. The first-order chi connectivity index (χ1) is 10.1. The lowest BCUT2D eigenvalue weighted by Gasteiger charge is -2.27. The van der Waals surface area contributed by atoms with E-state index in [1.165, 1.54) is 18.4 Å². The molecule has 0 amide bonds. The van der Waals surface area contributed by atoms with Gasteiger partial charge in [-0.05, 0) is 36.6 Å². The molecule has 21 heavy (non-hydrogen) atoms. The number of ether oxygens (including phenoxy) is 1. The summed E-state index contributed by atoms with van der Waals surface area (Å²) in [5.41, 5.74) is 0.660. The van der Waals surface area contributed by atoms with E-state index >= 15 is 0 Å². The van der Waals surface area contributed by atoms with Crippen LogP contribution < -0.4 is 10.1 Å². The van der Waals surface area contributed by atoms with E-state index < -0.39 is 5.60 Å². The first-order valence-corrected chi connectivity index (χ1v) is 8.41. The van der Waals surface area contributed by atoms with Crippen LogP contribution in [0.2, 0.25) is 5.02 Å². The minimum absolute atomic E-state index is 0.146. The second-order valence-corrected chi connectivity index (χ2v) is 6.90. The van der Waals surface area contributed by atoms with Crippen LogP contribution in [0.3, 0.4) is 0 Å². The Bertz CT molecular complexity index is 484. The van der Waals surface area contributed by atoms with Crippen LogP contribution >= 0.6 is 11.6 Å². The molecule has 1 unspecified atom stereocenters. The second kappa shape index (κ2) is 6.55. The van der Waals surface area contributed by atoms with Crippen molar-refractivity contribution in [1.29, 1.82) is 0 Å². The number of hydrogen-bond acceptors (Lipinski definition) is 3. The maximum Gasteiger partial charge on any atom is 0.123 e. The zero-order valence-electron chi connectivity index (χ0n) is 12.4. The van der Waals surface area contributed by atoms with Gasteiger partial charge in [0.15, 0.2) is 0 Å². The summed E-state index contributed by atoms with van der Waals surface area (Å²) in [4.78, 5) is 0. The number of fused-ring (bicyclic) bond motifs is 1. The van der Waals surface area contributed by atoms with Crippen molar-refractivity contribution in [2.45, 2.75) is 56.7 Å². The van der Waals surface area contributed by atoms with Crippen molar-refractivity contribution in [2.75, 3.05) is 13.1 Å².